The third-order valence-corrected chi connectivity index (χ3v) is 3.79. The zero-order valence-corrected chi connectivity index (χ0v) is 13.4. The minimum Gasteiger partial charge on any atom is -0.480 e. The molecule has 2 rings (SSSR count). The number of carboxylic acid groups (broad SMARTS) is 1. The summed E-state index contributed by atoms with van der Waals surface area (Å²) >= 11 is 0. The molecule has 0 aliphatic rings. The smallest absolute Gasteiger partial charge is 0.326 e. The lowest BCUT2D eigenvalue weighted by Gasteiger charge is -2.13. The van der Waals surface area contributed by atoms with Gasteiger partial charge in [0.1, 0.15) is 6.04 Å². The van der Waals surface area contributed by atoms with Crippen molar-refractivity contribution >= 4 is 22.8 Å². The SMILES string of the molecule is COCCC(NC(=O)CCc1c[nH]c2ccc(C)cc12)C(=O)O. The summed E-state index contributed by atoms with van der Waals surface area (Å²) in [4.78, 5) is 26.3. The van der Waals surface area contributed by atoms with Crippen LogP contribution in [0.2, 0.25) is 0 Å². The van der Waals surface area contributed by atoms with E-state index in [9.17, 15) is 9.59 Å². The molecule has 0 saturated heterocycles. The maximum Gasteiger partial charge on any atom is 0.326 e. The fourth-order valence-electron chi connectivity index (χ4n) is 2.51. The average molecular weight is 318 g/mol. The predicted octanol–water partition coefficient (Wildman–Crippen LogP) is 2.01. The number of aromatic amines is 1. The Kier molecular flexibility index (Phi) is 5.76. The van der Waals surface area contributed by atoms with E-state index < -0.39 is 12.0 Å². The van der Waals surface area contributed by atoms with E-state index in [1.165, 1.54) is 7.11 Å². The van der Waals surface area contributed by atoms with Gasteiger partial charge < -0.3 is 20.1 Å². The molecule has 1 unspecified atom stereocenters. The number of aliphatic carboxylic acids is 1. The van der Waals surface area contributed by atoms with Crippen LogP contribution in [0, 0.1) is 6.92 Å². The number of aryl methyl sites for hydroxylation is 2. The third kappa shape index (κ3) is 4.56. The number of benzene rings is 1. The lowest BCUT2D eigenvalue weighted by atomic mass is 10.1. The molecule has 0 aliphatic heterocycles. The number of carbonyl (C=O) groups excluding carboxylic acids is 1. The van der Waals surface area contributed by atoms with Gasteiger partial charge in [-0.05, 0) is 31.0 Å². The Bertz CT molecular complexity index is 693. The van der Waals surface area contributed by atoms with E-state index in [1.54, 1.807) is 0 Å². The van der Waals surface area contributed by atoms with Crippen molar-refractivity contribution in [2.24, 2.45) is 0 Å². The third-order valence-electron chi connectivity index (χ3n) is 3.79. The van der Waals surface area contributed by atoms with Crippen LogP contribution >= 0.6 is 0 Å². The van der Waals surface area contributed by atoms with Crippen molar-refractivity contribution in [1.82, 2.24) is 10.3 Å². The van der Waals surface area contributed by atoms with Gasteiger partial charge in [0.15, 0.2) is 0 Å². The number of methoxy groups -OCH3 is 1. The van der Waals surface area contributed by atoms with Gasteiger partial charge in [-0.15, -0.1) is 0 Å². The molecular formula is C17H22N2O4. The first-order chi connectivity index (χ1) is 11.0. The highest BCUT2D eigenvalue weighted by Crippen LogP contribution is 2.20. The number of carboxylic acids is 1. The molecule has 6 heteroatoms. The topological polar surface area (TPSA) is 91.4 Å². The Morgan fingerprint density at radius 3 is 2.87 bits per heavy atom. The molecule has 0 spiro atoms. The van der Waals surface area contributed by atoms with Crippen molar-refractivity contribution in [1.29, 1.82) is 0 Å². The lowest BCUT2D eigenvalue weighted by molar-refractivity contribution is -0.142. The van der Waals surface area contributed by atoms with Gasteiger partial charge in [0.05, 0.1) is 0 Å². The van der Waals surface area contributed by atoms with Crippen LogP contribution in [0.5, 0.6) is 0 Å². The molecule has 0 fully saturated rings. The zero-order chi connectivity index (χ0) is 16.8. The first-order valence-corrected chi connectivity index (χ1v) is 7.59. The van der Waals surface area contributed by atoms with Crippen molar-refractivity contribution in [2.75, 3.05) is 13.7 Å². The van der Waals surface area contributed by atoms with Crippen LogP contribution in [-0.2, 0) is 20.7 Å². The summed E-state index contributed by atoms with van der Waals surface area (Å²) in [5.74, 6) is -1.31. The maximum atomic E-state index is 12.0. The van der Waals surface area contributed by atoms with Gasteiger partial charge in [-0.25, -0.2) is 4.79 Å². The number of fused-ring (bicyclic) bond motifs is 1. The van der Waals surface area contributed by atoms with Gasteiger partial charge in [0, 0.05) is 43.7 Å². The summed E-state index contributed by atoms with van der Waals surface area (Å²) in [5, 5.41) is 12.7. The second kappa shape index (κ2) is 7.78. The fourth-order valence-corrected chi connectivity index (χ4v) is 2.51. The highest BCUT2D eigenvalue weighted by molar-refractivity contribution is 5.86. The molecule has 1 atom stereocenters. The number of H-pyrrole nitrogens is 1. The Morgan fingerprint density at radius 1 is 1.39 bits per heavy atom. The molecule has 1 amide bonds. The van der Waals surface area contributed by atoms with Crippen LogP contribution in [0.1, 0.15) is 24.0 Å². The predicted molar refractivity (Wildman–Crippen MR) is 87.4 cm³/mol. The molecule has 2 aromatic rings. The number of hydrogen-bond acceptors (Lipinski definition) is 3. The van der Waals surface area contributed by atoms with Gasteiger partial charge in [0.25, 0.3) is 0 Å². The minimum atomic E-state index is -1.04. The summed E-state index contributed by atoms with van der Waals surface area (Å²) in [5.41, 5.74) is 3.26. The van der Waals surface area contributed by atoms with Gasteiger partial charge in [0.2, 0.25) is 5.91 Å². The molecule has 124 valence electrons. The molecule has 23 heavy (non-hydrogen) atoms. The summed E-state index contributed by atoms with van der Waals surface area (Å²) < 4.78 is 4.86. The minimum absolute atomic E-state index is 0.248. The van der Waals surface area contributed by atoms with Gasteiger partial charge in [-0.3, -0.25) is 4.79 Å². The van der Waals surface area contributed by atoms with Crippen molar-refractivity contribution < 1.29 is 19.4 Å². The summed E-state index contributed by atoms with van der Waals surface area (Å²) in [6.07, 6.45) is 2.96. The van der Waals surface area contributed by atoms with Crippen molar-refractivity contribution in [3.63, 3.8) is 0 Å². The standard InChI is InChI=1S/C17H22N2O4/c1-11-3-5-14-13(9-11)12(10-18-14)4-6-16(20)19-15(17(21)22)7-8-23-2/h3,5,9-10,15,18H,4,6-8H2,1-2H3,(H,19,20)(H,21,22). The van der Waals surface area contributed by atoms with Gasteiger partial charge in [-0.2, -0.15) is 0 Å². The highest BCUT2D eigenvalue weighted by atomic mass is 16.5. The number of carbonyl (C=O) groups is 2. The number of rotatable bonds is 8. The fraction of sp³-hybridized carbons (Fsp3) is 0.412. The highest BCUT2D eigenvalue weighted by Gasteiger charge is 2.19. The number of ether oxygens (including phenoxy) is 1. The van der Waals surface area contributed by atoms with Crippen LogP contribution in [0.25, 0.3) is 10.9 Å². The monoisotopic (exact) mass is 318 g/mol. The van der Waals surface area contributed by atoms with Crippen LogP contribution in [-0.4, -0.2) is 41.7 Å². The number of hydrogen-bond donors (Lipinski definition) is 3. The van der Waals surface area contributed by atoms with Crippen molar-refractivity contribution in [2.45, 2.75) is 32.2 Å². The van der Waals surface area contributed by atoms with Crippen LogP contribution in [0.3, 0.4) is 0 Å². The maximum absolute atomic E-state index is 12.0. The van der Waals surface area contributed by atoms with E-state index >= 15 is 0 Å². The summed E-state index contributed by atoms with van der Waals surface area (Å²) in [7, 11) is 1.50. The van der Waals surface area contributed by atoms with E-state index in [0.29, 0.717) is 13.0 Å². The molecule has 3 N–H and O–H groups in total. The summed E-state index contributed by atoms with van der Waals surface area (Å²) in [6, 6.07) is 5.22. The number of aromatic nitrogens is 1. The second-order valence-electron chi connectivity index (χ2n) is 5.60. The van der Waals surface area contributed by atoms with Crippen LogP contribution in [0.4, 0.5) is 0 Å². The molecule has 0 aliphatic carbocycles. The molecule has 6 nitrogen and oxygen atoms in total. The Morgan fingerprint density at radius 2 is 2.17 bits per heavy atom. The molecule has 0 radical (unpaired) electrons. The Hall–Kier alpha value is -2.34. The van der Waals surface area contributed by atoms with Gasteiger partial charge in [-0.1, -0.05) is 11.6 Å². The van der Waals surface area contributed by atoms with E-state index in [4.69, 9.17) is 9.84 Å². The Labute approximate surface area is 134 Å². The number of nitrogens with one attached hydrogen (secondary N) is 2. The molecular weight excluding hydrogens is 296 g/mol. The molecule has 1 heterocycles. The Balaban J connectivity index is 1.94. The van der Waals surface area contributed by atoms with Gasteiger partial charge >= 0.3 is 5.97 Å². The zero-order valence-electron chi connectivity index (χ0n) is 13.4. The van der Waals surface area contributed by atoms with E-state index in [-0.39, 0.29) is 18.7 Å². The van der Waals surface area contributed by atoms with E-state index in [2.05, 4.69) is 16.4 Å². The van der Waals surface area contributed by atoms with Crippen LogP contribution in [0.15, 0.2) is 24.4 Å². The molecule has 0 saturated carbocycles. The first-order valence-electron chi connectivity index (χ1n) is 7.59. The van der Waals surface area contributed by atoms with E-state index in [1.807, 2.05) is 25.3 Å². The quantitative estimate of drug-likeness (QED) is 0.694. The molecule has 0 bridgehead atoms. The second-order valence-corrected chi connectivity index (χ2v) is 5.60. The molecule has 1 aromatic heterocycles. The largest absolute Gasteiger partial charge is 0.480 e. The molecule has 1 aromatic carbocycles. The van der Waals surface area contributed by atoms with Crippen LogP contribution < -0.4 is 5.32 Å². The van der Waals surface area contributed by atoms with E-state index in [0.717, 1.165) is 22.0 Å². The lowest BCUT2D eigenvalue weighted by Crippen LogP contribution is -2.41. The normalized spacial score (nSPS) is 12.3. The van der Waals surface area contributed by atoms with Crippen molar-refractivity contribution in [3.05, 3.63) is 35.5 Å². The summed E-state index contributed by atoms with van der Waals surface area (Å²) in [6.45, 7) is 2.31. The average Bonchev–Trinajstić information content (AvgIpc) is 2.91. The van der Waals surface area contributed by atoms with Crippen molar-refractivity contribution in [3.8, 4) is 0 Å². The first kappa shape index (κ1) is 17.0. The number of amides is 1.